The molecule has 2 aliphatic carbocycles. The van der Waals surface area contributed by atoms with Crippen LogP contribution in [0.15, 0.2) is 23.8 Å². The summed E-state index contributed by atoms with van der Waals surface area (Å²) in [7, 11) is 0. The molecule has 26 heavy (non-hydrogen) atoms. The van der Waals surface area contributed by atoms with Crippen LogP contribution in [0, 0.1) is 17.3 Å². The second kappa shape index (κ2) is 5.78. The second-order valence-electron chi connectivity index (χ2n) is 8.30. The van der Waals surface area contributed by atoms with Gasteiger partial charge in [0.05, 0.1) is 5.60 Å². The zero-order valence-corrected chi connectivity index (χ0v) is 15.9. The molecule has 1 heterocycles. The highest BCUT2D eigenvalue weighted by Gasteiger charge is 2.68. The van der Waals surface area contributed by atoms with Gasteiger partial charge in [-0.25, -0.2) is 9.59 Å². The van der Waals surface area contributed by atoms with Crippen molar-refractivity contribution in [3.05, 3.63) is 23.8 Å². The molecule has 0 amide bonds. The third-order valence-corrected chi connectivity index (χ3v) is 6.57. The van der Waals surface area contributed by atoms with E-state index in [2.05, 4.69) is 0 Å². The van der Waals surface area contributed by atoms with Crippen molar-refractivity contribution in [1.29, 1.82) is 0 Å². The first-order valence-electron chi connectivity index (χ1n) is 9.01. The zero-order chi connectivity index (χ0) is 19.5. The number of hydrogen-bond acceptors (Lipinski definition) is 6. The number of ether oxygens (including phenoxy) is 2. The smallest absolute Gasteiger partial charge is 0.351 e. The number of fused-ring (bicyclic) bond motifs is 3. The Hall–Kier alpha value is -1.95. The molecular formula is C20H26O6. The number of allylic oxidation sites excluding steroid dienone is 2. The van der Waals surface area contributed by atoms with Gasteiger partial charge in [0.15, 0.2) is 5.78 Å². The molecule has 1 aliphatic heterocycles. The van der Waals surface area contributed by atoms with E-state index in [9.17, 15) is 19.5 Å². The van der Waals surface area contributed by atoms with Gasteiger partial charge in [-0.05, 0) is 52.7 Å². The normalized spacial score (nSPS) is 45.0. The molecule has 0 radical (unpaired) electrons. The van der Waals surface area contributed by atoms with Crippen LogP contribution in [0.4, 0.5) is 0 Å². The third-order valence-electron chi connectivity index (χ3n) is 6.57. The summed E-state index contributed by atoms with van der Waals surface area (Å²) in [4.78, 5) is 37.5. The molecule has 142 valence electrons. The number of rotatable bonds is 2. The summed E-state index contributed by atoms with van der Waals surface area (Å²) in [5.74, 6) is -2.25. The van der Waals surface area contributed by atoms with E-state index in [0.717, 1.165) is 0 Å². The monoisotopic (exact) mass is 362 g/mol. The minimum Gasteiger partial charge on any atom is -0.458 e. The molecule has 3 rings (SSSR count). The maximum absolute atomic E-state index is 12.7. The van der Waals surface area contributed by atoms with Crippen LogP contribution in [-0.2, 0) is 23.9 Å². The fraction of sp³-hybridized carbons (Fsp3) is 0.650. The van der Waals surface area contributed by atoms with Gasteiger partial charge in [0.1, 0.15) is 6.10 Å². The number of ketones is 1. The third kappa shape index (κ3) is 2.46. The average molecular weight is 362 g/mol. The van der Waals surface area contributed by atoms with E-state index in [1.807, 2.05) is 6.92 Å². The van der Waals surface area contributed by atoms with Gasteiger partial charge in [-0.2, -0.15) is 0 Å². The summed E-state index contributed by atoms with van der Waals surface area (Å²) >= 11 is 0. The Balaban J connectivity index is 1.99. The lowest BCUT2D eigenvalue weighted by molar-refractivity contribution is -0.171. The van der Waals surface area contributed by atoms with Crippen LogP contribution in [0.25, 0.3) is 0 Å². The van der Waals surface area contributed by atoms with Crippen molar-refractivity contribution < 1.29 is 29.0 Å². The molecule has 0 aromatic rings. The maximum atomic E-state index is 12.7. The first-order chi connectivity index (χ1) is 12.0. The number of carbonyl (C=O) groups is 3. The predicted molar refractivity (Wildman–Crippen MR) is 92.9 cm³/mol. The fourth-order valence-electron chi connectivity index (χ4n) is 4.80. The molecule has 6 heteroatoms. The molecule has 1 N–H and O–H groups in total. The molecule has 0 bridgehead atoms. The predicted octanol–water partition coefficient (Wildman–Crippen LogP) is 2.10. The molecular weight excluding hydrogens is 336 g/mol. The summed E-state index contributed by atoms with van der Waals surface area (Å²) in [6, 6.07) is 0. The molecule has 0 aromatic carbocycles. The minimum absolute atomic E-state index is 0.0705. The quantitative estimate of drug-likeness (QED) is 0.598. The van der Waals surface area contributed by atoms with Crippen LogP contribution in [-0.4, -0.2) is 40.1 Å². The molecule has 0 spiro atoms. The highest BCUT2D eigenvalue weighted by atomic mass is 16.6. The SMILES string of the molecule is C/C=C(/C)C(=O)O[C@]1(C)C(=O)O[C@H]2[C@@H]3[C@@](C)(O)C=CC(=O)[C@@]3(C)CC[C@H]21. The molecule has 0 unspecified atom stereocenters. The lowest BCUT2D eigenvalue weighted by Crippen LogP contribution is -2.60. The van der Waals surface area contributed by atoms with Gasteiger partial charge in [-0.3, -0.25) is 4.79 Å². The lowest BCUT2D eigenvalue weighted by Gasteiger charge is -2.52. The van der Waals surface area contributed by atoms with Crippen molar-refractivity contribution in [3.63, 3.8) is 0 Å². The Morgan fingerprint density at radius 3 is 2.62 bits per heavy atom. The summed E-state index contributed by atoms with van der Waals surface area (Å²) in [6.07, 6.45) is 4.82. The van der Waals surface area contributed by atoms with Crippen molar-refractivity contribution in [1.82, 2.24) is 0 Å². The fourth-order valence-corrected chi connectivity index (χ4v) is 4.80. The van der Waals surface area contributed by atoms with Gasteiger partial charge in [-0.15, -0.1) is 0 Å². The molecule has 6 nitrogen and oxygen atoms in total. The standard InChI is InChI=1S/C20H26O6/c1-6-11(2)16(22)26-20(5)12-7-9-18(3)13(21)8-10-19(4,24)15(18)14(12)25-17(20)23/h6,8,10,12,14-15,24H,7,9H2,1-5H3/b11-6-/t12-,14-,15+,18-,19+,20+/m1/s1. The van der Waals surface area contributed by atoms with Gasteiger partial charge < -0.3 is 14.6 Å². The van der Waals surface area contributed by atoms with Crippen molar-refractivity contribution >= 4 is 17.7 Å². The number of hydrogen-bond donors (Lipinski definition) is 1. The lowest BCUT2D eigenvalue weighted by atomic mass is 9.53. The summed E-state index contributed by atoms with van der Waals surface area (Å²) in [6.45, 7) is 8.35. The summed E-state index contributed by atoms with van der Waals surface area (Å²) < 4.78 is 11.2. The van der Waals surface area contributed by atoms with E-state index in [0.29, 0.717) is 18.4 Å². The number of esters is 2. The number of aliphatic hydroxyl groups is 1. The molecule has 1 saturated heterocycles. The van der Waals surface area contributed by atoms with E-state index >= 15 is 0 Å². The van der Waals surface area contributed by atoms with Gasteiger partial charge in [0.2, 0.25) is 5.60 Å². The van der Waals surface area contributed by atoms with E-state index < -0.39 is 46.5 Å². The Labute approximate surface area is 153 Å². The Morgan fingerprint density at radius 2 is 2.00 bits per heavy atom. The van der Waals surface area contributed by atoms with Crippen LogP contribution >= 0.6 is 0 Å². The molecule has 3 aliphatic rings. The van der Waals surface area contributed by atoms with Crippen LogP contribution in [0.5, 0.6) is 0 Å². The average Bonchev–Trinajstić information content (AvgIpc) is 2.80. The molecule has 6 atom stereocenters. The summed E-state index contributed by atoms with van der Waals surface area (Å²) in [5.41, 5.74) is -3.12. The van der Waals surface area contributed by atoms with E-state index in [1.54, 1.807) is 33.8 Å². The minimum atomic E-state index is -1.42. The van der Waals surface area contributed by atoms with E-state index in [4.69, 9.17) is 9.47 Å². The van der Waals surface area contributed by atoms with Crippen molar-refractivity contribution in [2.75, 3.05) is 0 Å². The van der Waals surface area contributed by atoms with E-state index in [-0.39, 0.29) is 5.78 Å². The Kier molecular flexibility index (Phi) is 4.18. The van der Waals surface area contributed by atoms with Crippen molar-refractivity contribution in [3.8, 4) is 0 Å². The largest absolute Gasteiger partial charge is 0.458 e. The first kappa shape index (κ1) is 18.8. The van der Waals surface area contributed by atoms with Crippen LogP contribution in [0.3, 0.4) is 0 Å². The highest BCUT2D eigenvalue weighted by Crippen LogP contribution is 2.57. The molecule has 2 fully saturated rings. The first-order valence-corrected chi connectivity index (χ1v) is 9.01. The van der Waals surface area contributed by atoms with Crippen LogP contribution < -0.4 is 0 Å². The van der Waals surface area contributed by atoms with Crippen LogP contribution in [0.2, 0.25) is 0 Å². The van der Waals surface area contributed by atoms with Gasteiger partial charge in [-0.1, -0.05) is 13.0 Å². The molecule has 0 aromatic heterocycles. The zero-order valence-electron chi connectivity index (χ0n) is 15.9. The van der Waals surface area contributed by atoms with Gasteiger partial charge in [0.25, 0.3) is 0 Å². The second-order valence-corrected chi connectivity index (χ2v) is 8.30. The Morgan fingerprint density at radius 1 is 1.35 bits per heavy atom. The van der Waals surface area contributed by atoms with Gasteiger partial charge in [0, 0.05) is 22.8 Å². The van der Waals surface area contributed by atoms with Crippen molar-refractivity contribution in [2.24, 2.45) is 17.3 Å². The van der Waals surface area contributed by atoms with Crippen molar-refractivity contribution in [2.45, 2.75) is 64.8 Å². The topological polar surface area (TPSA) is 89.9 Å². The van der Waals surface area contributed by atoms with E-state index in [1.165, 1.54) is 12.2 Å². The van der Waals surface area contributed by atoms with Gasteiger partial charge >= 0.3 is 11.9 Å². The summed E-state index contributed by atoms with van der Waals surface area (Å²) in [5, 5.41) is 10.9. The number of carbonyl (C=O) groups excluding carboxylic acids is 3. The van der Waals surface area contributed by atoms with Crippen LogP contribution in [0.1, 0.15) is 47.5 Å². The highest BCUT2D eigenvalue weighted by molar-refractivity contribution is 5.97. The maximum Gasteiger partial charge on any atom is 0.351 e. The Bertz CT molecular complexity index is 733. The molecule has 1 saturated carbocycles.